The summed E-state index contributed by atoms with van der Waals surface area (Å²) in [6.07, 6.45) is 4.30. The van der Waals surface area contributed by atoms with Crippen molar-refractivity contribution in [3.05, 3.63) is 34.3 Å². The molecule has 1 saturated heterocycles. The zero-order chi connectivity index (χ0) is 16.9. The van der Waals surface area contributed by atoms with Crippen LogP contribution in [0.3, 0.4) is 0 Å². The van der Waals surface area contributed by atoms with Crippen LogP contribution in [0.15, 0.2) is 18.2 Å². The lowest BCUT2D eigenvalue weighted by atomic mass is 9.81. The van der Waals surface area contributed by atoms with Gasteiger partial charge in [0.1, 0.15) is 0 Å². The minimum Gasteiger partial charge on any atom is -0.481 e. The molecule has 1 unspecified atom stereocenters. The second kappa shape index (κ2) is 5.66. The van der Waals surface area contributed by atoms with Crippen LogP contribution in [0, 0.1) is 11.3 Å². The zero-order valence-electron chi connectivity index (χ0n) is 13.4. The standard InChI is InChI=1S/C18H21ClN2O3/c19-13-4-5-14-11(8-13)3-6-15(14)20-17(24)21-9-12-2-1-7-18(12,10-21)16(22)23/h4-5,8,12,15H,1-3,6-7,9-10H2,(H,20,24)(H,22,23)/t12-,15?,18+/m0/s1. The molecular formula is C18H21ClN2O3. The fourth-order valence-electron chi connectivity index (χ4n) is 4.77. The minimum atomic E-state index is -0.749. The maximum atomic E-state index is 12.7. The summed E-state index contributed by atoms with van der Waals surface area (Å²) in [5, 5.41) is 13.5. The Morgan fingerprint density at radius 2 is 2.17 bits per heavy atom. The van der Waals surface area contributed by atoms with Crippen LogP contribution in [0.2, 0.25) is 5.02 Å². The number of nitrogens with one attached hydrogen (secondary N) is 1. The normalized spacial score (nSPS) is 31.0. The largest absolute Gasteiger partial charge is 0.481 e. The van der Waals surface area contributed by atoms with Gasteiger partial charge in [-0.1, -0.05) is 24.1 Å². The Morgan fingerprint density at radius 1 is 1.33 bits per heavy atom. The van der Waals surface area contributed by atoms with Crippen molar-refractivity contribution < 1.29 is 14.7 Å². The smallest absolute Gasteiger partial charge is 0.317 e. The third-order valence-corrected chi connectivity index (χ3v) is 6.30. The summed E-state index contributed by atoms with van der Waals surface area (Å²) in [6.45, 7) is 0.886. The Morgan fingerprint density at radius 3 is 2.92 bits per heavy atom. The molecule has 0 radical (unpaired) electrons. The molecule has 0 spiro atoms. The highest BCUT2D eigenvalue weighted by Gasteiger charge is 2.55. The van der Waals surface area contributed by atoms with Crippen molar-refractivity contribution in [3.8, 4) is 0 Å². The first-order chi connectivity index (χ1) is 11.5. The van der Waals surface area contributed by atoms with Gasteiger partial charge in [0.25, 0.3) is 0 Å². The number of carboxylic acid groups (broad SMARTS) is 1. The number of halogens is 1. The lowest BCUT2D eigenvalue weighted by molar-refractivity contribution is -0.149. The summed E-state index contributed by atoms with van der Waals surface area (Å²) in [6, 6.07) is 5.64. The first kappa shape index (κ1) is 15.8. The molecule has 6 heteroatoms. The van der Waals surface area contributed by atoms with Gasteiger partial charge in [-0.3, -0.25) is 4.79 Å². The number of rotatable bonds is 2. The van der Waals surface area contributed by atoms with Crippen LogP contribution < -0.4 is 5.32 Å². The maximum Gasteiger partial charge on any atom is 0.317 e. The van der Waals surface area contributed by atoms with Crippen molar-refractivity contribution in [1.29, 1.82) is 0 Å². The van der Waals surface area contributed by atoms with Crippen LogP contribution in [0.1, 0.15) is 42.9 Å². The van der Waals surface area contributed by atoms with E-state index in [4.69, 9.17) is 11.6 Å². The van der Waals surface area contributed by atoms with Gasteiger partial charge in [-0.2, -0.15) is 0 Å². The first-order valence-electron chi connectivity index (χ1n) is 8.57. The lowest BCUT2D eigenvalue weighted by Gasteiger charge is -2.24. The van der Waals surface area contributed by atoms with E-state index in [2.05, 4.69) is 5.32 Å². The van der Waals surface area contributed by atoms with Crippen LogP contribution in [0.4, 0.5) is 4.79 Å². The average Bonchev–Trinajstić information content (AvgIpc) is 3.19. The molecule has 1 heterocycles. The summed E-state index contributed by atoms with van der Waals surface area (Å²) in [5.41, 5.74) is 1.59. The highest BCUT2D eigenvalue weighted by molar-refractivity contribution is 6.30. The van der Waals surface area contributed by atoms with E-state index in [0.717, 1.165) is 36.3 Å². The zero-order valence-corrected chi connectivity index (χ0v) is 14.2. The van der Waals surface area contributed by atoms with Gasteiger partial charge < -0.3 is 15.3 Å². The first-order valence-corrected chi connectivity index (χ1v) is 8.94. The van der Waals surface area contributed by atoms with Crippen molar-refractivity contribution in [2.75, 3.05) is 13.1 Å². The summed E-state index contributed by atoms with van der Waals surface area (Å²) < 4.78 is 0. The van der Waals surface area contributed by atoms with Gasteiger partial charge >= 0.3 is 12.0 Å². The molecule has 24 heavy (non-hydrogen) atoms. The second-order valence-corrected chi connectivity index (χ2v) is 7.75. The van der Waals surface area contributed by atoms with E-state index >= 15 is 0 Å². The molecule has 3 atom stereocenters. The van der Waals surface area contributed by atoms with Gasteiger partial charge in [-0.05, 0) is 54.9 Å². The number of carboxylic acids is 1. The molecule has 2 N–H and O–H groups in total. The molecular weight excluding hydrogens is 328 g/mol. The molecule has 3 aliphatic rings. The fourth-order valence-corrected chi connectivity index (χ4v) is 4.96. The van der Waals surface area contributed by atoms with Gasteiger partial charge in [-0.15, -0.1) is 0 Å². The van der Waals surface area contributed by atoms with Crippen molar-refractivity contribution in [2.24, 2.45) is 11.3 Å². The monoisotopic (exact) mass is 348 g/mol. The van der Waals surface area contributed by atoms with Crippen molar-refractivity contribution in [2.45, 2.75) is 38.1 Å². The fraction of sp³-hybridized carbons (Fsp3) is 0.556. The van der Waals surface area contributed by atoms with E-state index in [1.54, 1.807) is 4.90 Å². The number of urea groups is 1. The number of hydrogen-bond acceptors (Lipinski definition) is 2. The lowest BCUT2D eigenvalue weighted by Crippen LogP contribution is -2.42. The van der Waals surface area contributed by atoms with E-state index < -0.39 is 11.4 Å². The van der Waals surface area contributed by atoms with E-state index in [1.807, 2.05) is 18.2 Å². The number of aliphatic carboxylic acids is 1. The third kappa shape index (κ3) is 2.37. The second-order valence-electron chi connectivity index (χ2n) is 7.31. The molecule has 1 saturated carbocycles. The predicted molar refractivity (Wildman–Crippen MR) is 90.0 cm³/mol. The minimum absolute atomic E-state index is 0.00835. The molecule has 1 aliphatic heterocycles. The molecule has 4 rings (SSSR count). The number of likely N-dealkylation sites (tertiary alicyclic amines) is 1. The van der Waals surface area contributed by atoms with Gasteiger partial charge in [0.05, 0.1) is 11.5 Å². The maximum absolute atomic E-state index is 12.7. The van der Waals surface area contributed by atoms with Crippen molar-refractivity contribution in [3.63, 3.8) is 0 Å². The summed E-state index contributed by atoms with van der Waals surface area (Å²) in [4.78, 5) is 26.1. The van der Waals surface area contributed by atoms with Crippen LogP contribution in [-0.4, -0.2) is 35.1 Å². The van der Waals surface area contributed by atoms with Crippen molar-refractivity contribution >= 4 is 23.6 Å². The Balaban J connectivity index is 1.46. The molecule has 2 aliphatic carbocycles. The number of nitrogens with zero attached hydrogens (tertiary/aromatic N) is 1. The van der Waals surface area contributed by atoms with E-state index in [-0.39, 0.29) is 18.0 Å². The highest BCUT2D eigenvalue weighted by atomic mass is 35.5. The van der Waals surface area contributed by atoms with Gasteiger partial charge in [0.15, 0.2) is 0 Å². The number of carbonyl (C=O) groups is 2. The number of carbonyl (C=O) groups excluding carboxylic acids is 1. The molecule has 0 bridgehead atoms. The van der Waals surface area contributed by atoms with Crippen LogP contribution in [-0.2, 0) is 11.2 Å². The van der Waals surface area contributed by atoms with E-state index in [0.29, 0.717) is 19.5 Å². The Kier molecular flexibility index (Phi) is 3.71. The van der Waals surface area contributed by atoms with Crippen LogP contribution in [0.5, 0.6) is 0 Å². The predicted octanol–water partition coefficient (Wildman–Crippen LogP) is 3.22. The van der Waals surface area contributed by atoms with Crippen molar-refractivity contribution in [1.82, 2.24) is 10.2 Å². The van der Waals surface area contributed by atoms with E-state index in [1.165, 1.54) is 5.56 Å². The van der Waals surface area contributed by atoms with Crippen LogP contribution in [0.25, 0.3) is 0 Å². The highest BCUT2D eigenvalue weighted by Crippen LogP contribution is 2.49. The molecule has 2 amide bonds. The number of fused-ring (bicyclic) bond motifs is 2. The third-order valence-electron chi connectivity index (χ3n) is 6.06. The van der Waals surface area contributed by atoms with E-state index in [9.17, 15) is 14.7 Å². The topological polar surface area (TPSA) is 69.6 Å². The Labute approximate surface area is 146 Å². The Hall–Kier alpha value is -1.75. The van der Waals surface area contributed by atoms with Gasteiger partial charge in [-0.25, -0.2) is 4.79 Å². The van der Waals surface area contributed by atoms with Gasteiger partial charge in [0, 0.05) is 18.1 Å². The number of aryl methyl sites for hydroxylation is 1. The molecule has 1 aromatic carbocycles. The summed E-state index contributed by atoms with van der Waals surface area (Å²) in [7, 11) is 0. The quantitative estimate of drug-likeness (QED) is 0.862. The molecule has 128 valence electrons. The Bertz CT molecular complexity index is 708. The number of benzene rings is 1. The van der Waals surface area contributed by atoms with Crippen LogP contribution >= 0.6 is 11.6 Å². The number of amides is 2. The molecule has 0 aromatic heterocycles. The molecule has 2 fully saturated rings. The molecule has 1 aromatic rings. The molecule has 5 nitrogen and oxygen atoms in total. The summed E-state index contributed by atoms with van der Waals surface area (Å²) >= 11 is 6.03. The van der Waals surface area contributed by atoms with Gasteiger partial charge in [0.2, 0.25) is 0 Å². The SMILES string of the molecule is O=C(NC1CCc2cc(Cl)ccc21)N1C[C@@H]2CCC[C@@]2(C(=O)O)C1. The number of hydrogen-bond donors (Lipinski definition) is 2. The summed E-state index contributed by atoms with van der Waals surface area (Å²) in [5.74, 6) is -0.656. The average molecular weight is 349 g/mol.